The number of rotatable bonds is 7. The molecule has 2 fully saturated rings. The summed E-state index contributed by atoms with van der Waals surface area (Å²) in [7, 11) is 0. The first-order valence-electron chi connectivity index (χ1n) is 11.9. The van der Waals surface area contributed by atoms with Crippen LogP contribution in [0.5, 0.6) is 0 Å². The van der Waals surface area contributed by atoms with Gasteiger partial charge in [-0.05, 0) is 61.6 Å². The molecule has 1 aliphatic heterocycles. The zero-order valence-electron chi connectivity index (χ0n) is 19.1. The van der Waals surface area contributed by atoms with Gasteiger partial charge < -0.3 is 16.0 Å². The maximum Gasteiger partial charge on any atom is 0.160 e. The van der Waals surface area contributed by atoms with Crippen LogP contribution < -0.4 is 16.0 Å². The largest absolute Gasteiger partial charge is 0.335 e. The van der Waals surface area contributed by atoms with Crippen LogP contribution >= 0.6 is 0 Å². The molecule has 178 valence electrons. The fourth-order valence-electron chi connectivity index (χ4n) is 4.60. The topological polar surface area (TPSA) is 87.7 Å². The molecule has 0 radical (unpaired) electrons. The lowest BCUT2D eigenvalue weighted by atomic mass is 10.0. The third-order valence-electron chi connectivity index (χ3n) is 6.58. The van der Waals surface area contributed by atoms with Crippen molar-refractivity contribution in [3.8, 4) is 11.4 Å². The summed E-state index contributed by atoms with van der Waals surface area (Å²) in [6.07, 6.45) is 8.70. The molecule has 0 bridgehead atoms. The number of nitrogens with one attached hydrogen (secondary N) is 3. The van der Waals surface area contributed by atoms with Gasteiger partial charge in [0.05, 0.1) is 17.4 Å². The normalized spacial score (nSPS) is 17.7. The summed E-state index contributed by atoms with van der Waals surface area (Å²) in [5.41, 5.74) is 3.40. The fraction of sp³-hybridized carbons (Fsp3) is 0.308. The Balaban J connectivity index is 1.38. The molecule has 2 aliphatic rings. The van der Waals surface area contributed by atoms with E-state index in [0.29, 0.717) is 35.7 Å². The predicted octanol–water partition coefficient (Wildman–Crippen LogP) is 4.44. The molecule has 4 aromatic rings. The van der Waals surface area contributed by atoms with Crippen LogP contribution in [0.15, 0.2) is 48.9 Å². The van der Waals surface area contributed by atoms with Crippen LogP contribution in [0.4, 0.5) is 20.3 Å². The van der Waals surface area contributed by atoms with E-state index in [-0.39, 0.29) is 5.69 Å². The Labute approximate surface area is 201 Å². The van der Waals surface area contributed by atoms with Gasteiger partial charge >= 0.3 is 0 Å². The van der Waals surface area contributed by atoms with Crippen molar-refractivity contribution in [2.45, 2.75) is 37.8 Å². The second-order valence-electron chi connectivity index (χ2n) is 9.11. The van der Waals surface area contributed by atoms with Crippen LogP contribution in [-0.2, 0) is 6.54 Å². The van der Waals surface area contributed by atoms with Crippen molar-refractivity contribution in [1.82, 2.24) is 30.6 Å². The first kappa shape index (κ1) is 21.9. The first-order chi connectivity index (χ1) is 17.2. The van der Waals surface area contributed by atoms with E-state index in [1.165, 1.54) is 23.8 Å². The molecule has 1 aromatic carbocycles. The molecule has 35 heavy (non-hydrogen) atoms. The van der Waals surface area contributed by atoms with E-state index in [2.05, 4.69) is 25.9 Å². The zero-order chi connectivity index (χ0) is 23.8. The van der Waals surface area contributed by atoms with Gasteiger partial charge in [-0.15, -0.1) is 0 Å². The Morgan fingerprint density at radius 3 is 2.66 bits per heavy atom. The average Bonchev–Trinajstić information content (AvgIpc) is 3.59. The molecule has 1 saturated carbocycles. The lowest BCUT2D eigenvalue weighted by molar-refractivity contribution is 0.543. The Bertz CT molecular complexity index is 1360. The molecule has 9 heteroatoms. The summed E-state index contributed by atoms with van der Waals surface area (Å²) in [5, 5.41) is 10.8. The van der Waals surface area contributed by atoms with Crippen LogP contribution in [-0.4, -0.2) is 39.1 Å². The molecule has 1 saturated heterocycles. The highest BCUT2D eigenvalue weighted by molar-refractivity contribution is 5.86. The van der Waals surface area contributed by atoms with Crippen LogP contribution in [0.25, 0.3) is 22.3 Å². The quantitative estimate of drug-likeness (QED) is 0.366. The second-order valence-corrected chi connectivity index (χ2v) is 9.11. The number of pyridine rings is 2. The maximum atomic E-state index is 14.1. The minimum atomic E-state index is -0.687. The van der Waals surface area contributed by atoms with Gasteiger partial charge in [0.2, 0.25) is 0 Å². The summed E-state index contributed by atoms with van der Waals surface area (Å²) in [6.45, 7) is 2.58. The molecule has 1 atom stereocenters. The van der Waals surface area contributed by atoms with E-state index in [1.807, 2.05) is 6.20 Å². The summed E-state index contributed by atoms with van der Waals surface area (Å²) >= 11 is 0. The summed E-state index contributed by atoms with van der Waals surface area (Å²) in [4.78, 5) is 18.5. The minimum absolute atomic E-state index is 0.245. The van der Waals surface area contributed by atoms with Gasteiger partial charge in [0.25, 0.3) is 0 Å². The molecule has 3 aromatic heterocycles. The van der Waals surface area contributed by atoms with Crippen molar-refractivity contribution in [2.75, 3.05) is 18.4 Å². The van der Waals surface area contributed by atoms with Crippen LogP contribution in [0.1, 0.15) is 36.4 Å². The minimum Gasteiger partial charge on any atom is -0.335 e. The van der Waals surface area contributed by atoms with Crippen LogP contribution in [0.3, 0.4) is 0 Å². The Morgan fingerprint density at radius 2 is 1.89 bits per heavy atom. The second kappa shape index (κ2) is 9.24. The molecule has 1 unspecified atom stereocenters. The number of halogens is 2. The van der Waals surface area contributed by atoms with Crippen molar-refractivity contribution >= 4 is 22.4 Å². The molecule has 1 aliphatic carbocycles. The highest BCUT2D eigenvalue weighted by Gasteiger charge is 2.28. The van der Waals surface area contributed by atoms with Gasteiger partial charge in [-0.1, -0.05) is 6.07 Å². The van der Waals surface area contributed by atoms with Gasteiger partial charge in [0, 0.05) is 42.5 Å². The molecule has 0 amide bonds. The Morgan fingerprint density at radius 1 is 1.03 bits per heavy atom. The maximum absolute atomic E-state index is 14.1. The van der Waals surface area contributed by atoms with E-state index in [1.54, 1.807) is 24.5 Å². The number of para-hydroxylation sites is 1. The number of anilines is 2. The van der Waals surface area contributed by atoms with Crippen molar-refractivity contribution < 1.29 is 8.78 Å². The molecule has 4 heterocycles. The molecule has 0 spiro atoms. The summed E-state index contributed by atoms with van der Waals surface area (Å²) in [5.74, 6) is -0.0371. The first-order valence-corrected chi connectivity index (χ1v) is 11.9. The number of fused-ring (bicyclic) bond motifs is 1. The number of hydrogen-bond acceptors (Lipinski definition) is 7. The summed E-state index contributed by atoms with van der Waals surface area (Å²) < 4.78 is 28.3. The predicted molar refractivity (Wildman–Crippen MR) is 130 cm³/mol. The van der Waals surface area contributed by atoms with Gasteiger partial charge in [0.15, 0.2) is 5.82 Å². The van der Waals surface area contributed by atoms with Gasteiger partial charge in [-0.3, -0.25) is 4.98 Å². The molecule has 6 rings (SSSR count). The molecular weight excluding hydrogens is 448 g/mol. The van der Waals surface area contributed by atoms with Crippen molar-refractivity contribution in [1.29, 1.82) is 0 Å². The SMILES string of the molecule is Fc1cccc(F)c1Nc1cc(-c2nc(CNC3CCNC3)c3c(C4CC4)cncc3n2)ccn1. The van der Waals surface area contributed by atoms with Crippen molar-refractivity contribution in [3.63, 3.8) is 0 Å². The van der Waals surface area contributed by atoms with Gasteiger partial charge in [-0.2, -0.15) is 0 Å². The van der Waals surface area contributed by atoms with E-state index in [4.69, 9.17) is 9.97 Å². The molecule has 3 N–H and O–H groups in total. The van der Waals surface area contributed by atoms with Gasteiger partial charge in [-0.25, -0.2) is 23.7 Å². The third-order valence-corrected chi connectivity index (χ3v) is 6.58. The highest BCUT2D eigenvalue weighted by atomic mass is 19.1. The van der Waals surface area contributed by atoms with Gasteiger partial charge in [0.1, 0.15) is 23.1 Å². The van der Waals surface area contributed by atoms with Crippen LogP contribution in [0.2, 0.25) is 0 Å². The highest BCUT2D eigenvalue weighted by Crippen LogP contribution is 2.43. The number of benzene rings is 1. The lowest BCUT2D eigenvalue weighted by Gasteiger charge is -2.15. The smallest absolute Gasteiger partial charge is 0.160 e. The number of hydrogen-bond donors (Lipinski definition) is 3. The molecule has 7 nitrogen and oxygen atoms in total. The molecular formula is C26H25F2N7. The monoisotopic (exact) mass is 473 g/mol. The average molecular weight is 474 g/mol. The van der Waals surface area contributed by atoms with E-state index in [9.17, 15) is 8.78 Å². The van der Waals surface area contributed by atoms with E-state index < -0.39 is 11.6 Å². The standard InChI is InChI=1S/C26H25F2N7/c27-19-2-1-3-20(28)25(19)35-23-10-16(6-9-31-23)26-33-21-13-30-12-18(15-4-5-15)24(21)22(34-26)14-32-17-7-8-29-11-17/h1-3,6,9-10,12-13,15,17,29,32H,4-5,7-8,11,14H2,(H,31,35). The Hall–Kier alpha value is -3.56. The number of nitrogens with zero attached hydrogens (tertiary/aromatic N) is 4. The Kier molecular flexibility index (Phi) is 5.79. The lowest BCUT2D eigenvalue weighted by Crippen LogP contribution is -2.31. The van der Waals surface area contributed by atoms with E-state index >= 15 is 0 Å². The van der Waals surface area contributed by atoms with E-state index in [0.717, 1.165) is 48.9 Å². The third kappa shape index (κ3) is 4.56. The van der Waals surface area contributed by atoms with Crippen LogP contribution in [0, 0.1) is 11.6 Å². The van der Waals surface area contributed by atoms with Crippen molar-refractivity contribution in [3.05, 3.63) is 71.8 Å². The zero-order valence-corrected chi connectivity index (χ0v) is 19.1. The van der Waals surface area contributed by atoms with Crippen molar-refractivity contribution in [2.24, 2.45) is 0 Å². The summed E-state index contributed by atoms with van der Waals surface area (Å²) in [6, 6.07) is 7.62. The number of aromatic nitrogens is 4. The fourth-order valence-corrected chi connectivity index (χ4v) is 4.60.